The van der Waals surface area contributed by atoms with E-state index in [0.717, 1.165) is 34.6 Å². The smallest absolute Gasteiger partial charge is 0.254 e. The quantitative estimate of drug-likeness (QED) is 0.387. The van der Waals surface area contributed by atoms with E-state index in [1.165, 1.54) is 25.2 Å². The maximum Gasteiger partial charge on any atom is 0.254 e. The van der Waals surface area contributed by atoms with Crippen LogP contribution in [0.15, 0.2) is 64.4 Å². The second-order valence-corrected chi connectivity index (χ2v) is 13.0. The van der Waals surface area contributed by atoms with Gasteiger partial charge in [-0.05, 0) is 79.4 Å². The first kappa shape index (κ1) is 29.5. The van der Waals surface area contributed by atoms with Crippen LogP contribution < -0.4 is 4.72 Å². The van der Waals surface area contributed by atoms with Gasteiger partial charge in [0.15, 0.2) is 9.84 Å². The van der Waals surface area contributed by atoms with E-state index in [1.807, 2.05) is 32.0 Å². The molecule has 0 aliphatic carbocycles. The van der Waals surface area contributed by atoms with Crippen molar-refractivity contribution >= 4 is 25.8 Å². The van der Waals surface area contributed by atoms with E-state index in [0.29, 0.717) is 13.0 Å². The Hall–Kier alpha value is -3.08. The molecule has 10 heteroatoms. The van der Waals surface area contributed by atoms with E-state index < -0.39 is 30.6 Å². The molecule has 3 rings (SSSR count). The lowest BCUT2D eigenvalue weighted by molar-refractivity contribution is 0.0741. The molecular formula is C28H33FN2O5S2. The van der Waals surface area contributed by atoms with Crippen LogP contribution in [-0.4, -0.2) is 47.5 Å². The van der Waals surface area contributed by atoms with Crippen LogP contribution in [-0.2, 0) is 32.8 Å². The Morgan fingerprint density at radius 1 is 0.947 bits per heavy atom. The van der Waals surface area contributed by atoms with Gasteiger partial charge in [0, 0.05) is 30.5 Å². The Labute approximate surface area is 224 Å². The lowest BCUT2D eigenvalue weighted by Gasteiger charge is -2.25. The zero-order chi connectivity index (χ0) is 28.3. The molecule has 1 N–H and O–H groups in total. The van der Waals surface area contributed by atoms with Crippen LogP contribution in [0.5, 0.6) is 0 Å². The largest absolute Gasteiger partial charge is 0.334 e. The van der Waals surface area contributed by atoms with Gasteiger partial charge in [0.05, 0.1) is 4.90 Å². The van der Waals surface area contributed by atoms with Gasteiger partial charge in [0.2, 0.25) is 10.0 Å². The van der Waals surface area contributed by atoms with Crippen LogP contribution in [0.1, 0.15) is 47.3 Å². The summed E-state index contributed by atoms with van der Waals surface area (Å²) in [5, 5.41) is 0. The average Bonchev–Trinajstić information content (AvgIpc) is 2.88. The molecule has 0 unspecified atom stereocenters. The van der Waals surface area contributed by atoms with Crippen LogP contribution in [0.4, 0.5) is 4.39 Å². The molecule has 0 aromatic heterocycles. The molecule has 0 spiro atoms. The van der Waals surface area contributed by atoms with Gasteiger partial charge in [-0.2, -0.15) is 0 Å². The fourth-order valence-corrected chi connectivity index (χ4v) is 5.79. The van der Waals surface area contributed by atoms with E-state index in [4.69, 9.17) is 0 Å². The highest BCUT2D eigenvalue weighted by Gasteiger charge is 2.25. The zero-order valence-corrected chi connectivity index (χ0v) is 23.8. The Kier molecular flexibility index (Phi) is 9.12. The van der Waals surface area contributed by atoms with Crippen molar-refractivity contribution in [3.05, 3.63) is 82.7 Å². The number of halogens is 1. The summed E-state index contributed by atoms with van der Waals surface area (Å²) in [5.74, 6) is -1.24. The highest BCUT2D eigenvalue weighted by atomic mass is 32.2. The fourth-order valence-electron chi connectivity index (χ4n) is 4.30. The fraction of sp³-hybridized carbons (Fsp3) is 0.321. The number of hydrogen-bond acceptors (Lipinski definition) is 5. The Morgan fingerprint density at radius 2 is 1.58 bits per heavy atom. The number of carbonyl (C=O) groups is 1. The number of carbonyl (C=O) groups excluding carboxylic acids is 1. The van der Waals surface area contributed by atoms with Crippen molar-refractivity contribution in [3.8, 4) is 11.1 Å². The third-order valence-corrected chi connectivity index (χ3v) is 8.99. The van der Waals surface area contributed by atoms with Crippen LogP contribution >= 0.6 is 0 Å². The number of nitrogens with zero attached hydrogens (tertiary/aromatic N) is 1. The van der Waals surface area contributed by atoms with Gasteiger partial charge in [0.25, 0.3) is 5.91 Å². The molecule has 0 saturated heterocycles. The van der Waals surface area contributed by atoms with Crippen molar-refractivity contribution in [2.75, 3.05) is 19.8 Å². The van der Waals surface area contributed by atoms with Crippen molar-refractivity contribution in [2.24, 2.45) is 0 Å². The summed E-state index contributed by atoms with van der Waals surface area (Å²) < 4.78 is 65.4. The van der Waals surface area contributed by atoms with Crippen LogP contribution in [0.25, 0.3) is 11.1 Å². The number of aryl methyl sites for hydroxylation is 1. The minimum absolute atomic E-state index is 0.0844. The lowest BCUT2D eigenvalue weighted by atomic mass is 9.98. The summed E-state index contributed by atoms with van der Waals surface area (Å²) in [7, 11) is -5.96. The van der Waals surface area contributed by atoms with Gasteiger partial charge in [-0.25, -0.2) is 25.9 Å². The molecular weight excluding hydrogens is 527 g/mol. The molecule has 3 aromatic rings. The summed E-state index contributed by atoms with van der Waals surface area (Å²) in [6.07, 6.45) is 1.79. The van der Waals surface area contributed by atoms with Crippen molar-refractivity contribution in [2.45, 2.75) is 49.9 Å². The Balaban J connectivity index is 1.97. The monoisotopic (exact) mass is 560 g/mol. The molecule has 0 aliphatic rings. The predicted octanol–water partition coefficient (Wildman–Crippen LogP) is 4.73. The van der Waals surface area contributed by atoms with Crippen molar-refractivity contribution < 1.29 is 26.0 Å². The van der Waals surface area contributed by atoms with E-state index in [-0.39, 0.29) is 34.9 Å². The maximum atomic E-state index is 15.1. The van der Waals surface area contributed by atoms with E-state index in [9.17, 15) is 21.6 Å². The highest BCUT2D eigenvalue weighted by Crippen LogP contribution is 2.27. The molecule has 0 aliphatic heterocycles. The predicted molar refractivity (Wildman–Crippen MR) is 147 cm³/mol. The molecule has 0 atom stereocenters. The first-order chi connectivity index (χ1) is 17.8. The summed E-state index contributed by atoms with van der Waals surface area (Å²) in [5.41, 5.74) is 3.78. The molecule has 0 radical (unpaired) electrons. The molecule has 1 amide bonds. The zero-order valence-electron chi connectivity index (χ0n) is 22.2. The number of amides is 1. The third-order valence-electron chi connectivity index (χ3n) is 6.45. The van der Waals surface area contributed by atoms with Gasteiger partial charge in [0.1, 0.15) is 10.7 Å². The highest BCUT2D eigenvalue weighted by molar-refractivity contribution is 7.90. The number of nitrogens with one attached hydrogen (secondary N) is 1. The third kappa shape index (κ3) is 6.31. The van der Waals surface area contributed by atoms with Crippen molar-refractivity contribution in [1.29, 1.82) is 0 Å². The molecule has 0 bridgehead atoms. The van der Waals surface area contributed by atoms with Crippen LogP contribution in [0.2, 0.25) is 0 Å². The summed E-state index contributed by atoms with van der Waals surface area (Å²) in [4.78, 5) is 15.0. The number of benzene rings is 3. The molecule has 204 valence electrons. The van der Waals surface area contributed by atoms with Crippen molar-refractivity contribution in [3.63, 3.8) is 0 Å². The van der Waals surface area contributed by atoms with Gasteiger partial charge in [-0.15, -0.1) is 0 Å². The topological polar surface area (TPSA) is 101 Å². The maximum absolute atomic E-state index is 15.1. The molecule has 7 nitrogen and oxygen atoms in total. The van der Waals surface area contributed by atoms with Gasteiger partial charge >= 0.3 is 0 Å². The standard InChI is InChI=1S/C28H33FN2O5S2/c1-6-16-31(28(32)25-14-15-26(37(5,33)34)27(29)24(25)7-2)18-22-17-21(9-8-19(22)3)20-10-12-23(13-11-20)38(35,36)30-4/h8-15,17,30H,6-7,16,18H2,1-5H3. The lowest BCUT2D eigenvalue weighted by Crippen LogP contribution is -2.32. The number of hydrogen-bond donors (Lipinski definition) is 1. The SMILES string of the molecule is CCCN(Cc1cc(-c2ccc(S(=O)(=O)NC)cc2)ccc1C)C(=O)c1ccc(S(C)(=O)=O)c(F)c1CC. The average molecular weight is 561 g/mol. The Bertz CT molecular complexity index is 1550. The Morgan fingerprint density at radius 3 is 2.13 bits per heavy atom. The van der Waals surface area contributed by atoms with Gasteiger partial charge in [-0.1, -0.05) is 38.1 Å². The van der Waals surface area contributed by atoms with Crippen LogP contribution in [0, 0.1) is 12.7 Å². The number of sulfonamides is 1. The van der Waals surface area contributed by atoms with Crippen LogP contribution in [0.3, 0.4) is 0 Å². The van der Waals surface area contributed by atoms with Crippen molar-refractivity contribution in [1.82, 2.24) is 9.62 Å². The minimum Gasteiger partial charge on any atom is -0.334 e. The van der Waals surface area contributed by atoms with E-state index >= 15 is 4.39 Å². The van der Waals surface area contributed by atoms with E-state index in [2.05, 4.69) is 4.72 Å². The number of sulfone groups is 1. The summed E-state index contributed by atoms with van der Waals surface area (Å²) >= 11 is 0. The molecule has 3 aromatic carbocycles. The normalized spacial score (nSPS) is 11.9. The first-order valence-electron chi connectivity index (χ1n) is 12.3. The summed E-state index contributed by atoms with van der Waals surface area (Å²) in [6, 6.07) is 14.9. The van der Waals surface area contributed by atoms with Gasteiger partial charge < -0.3 is 4.90 Å². The summed E-state index contributed by atoms with van der Waals surface area (Å²) in [6.45, 7) is 6.27. The molecule has 38 heavy (non-hydrogen) atoms. The first-order valence-corrected chi connectivity index (χ1v) is 15.7. The van der Waals surface area contributed by atoms with E-state index in [1.54, 1.807) is 24.0 Å². The molecule has 0 fully saturated rings. The molecule has 0 heterocycles. The molecule has 0 saturated carbocycles. The second-order valence-electron chi connectivity index (χ2n) is 9.13. The van der Waals surface area contributed by atoms with Gasteiger partial charge in [-0.3, -0.25) is 4.79 Å². The minimum atomic E-state index is -3.77. The second kappa shape index (κ2) is 11.8. The number of rotatable bonds is 10.